The number of carbonyl (C=O) groups excluding carboxylic acids is 2. The van der Waals surface area contributed by atoms with Crippen molar-refractivity contribution in [2.24, 2.45) is 0 Å². The molecular formula is C36H41ClF3N4O8S+. The number of nitrogens with zero attached hydrogens (tertiary/aromatic N) is 3. The molecule has 2 saturated heterocycles. The zero-order chi connectivity index (χ0) is 38.5. The number of rotatable bonds is 10. The number of anilines is 1. The molecule has 0 saturated carbocycles. The van der Waals surface area contributed by atoms with E-state index in [0.29, 0.717) is 10.8 Å². The molecule has 2 unspecified atom stereocenters. The van der Waals surface area contributed by atoms with Gasteiger partial charge in [-0.2, -0.15) is 4.31 Å². The molecule has 3 aliphatic heterocycles. The molecule has 17 heteroatoms. The first-order valence-corrected chi connectivity index (χ1v) is 18.8. The summed E-state index contributed by atoms with van der Waals surface area (Å²) in [5.41, 5.74) is -1.38. The summed E-state index contributed by atoms with van der Waals surface area (Å²) < 4.78 is 85.9. The summed E-state index contributed by atoms with van der Waals surface area (Å²) in [7, 11) is 0.312. The standard InChI is InChI=1S/C36H40ClF3N4O8S/c1-41-33(46)29-18-24(45)21-44(29,2)35(27-16-22(8-12-30(27)51-4)20-42-14-6-5-7-15-42)26-17-23(37)9-11-28(26)43(34(35)47)53(48,49)32-13-10-25(50-3)19-31(32)52-36(38,39)40/h8-13,16-17,19,24,29,45H,5-7,14-15,18,20-21H2,1-4H3/p+1/t24-,29+,35?,44?/m1/s1. The summed E-state index contributed by atoms with van der Waals surface area (Å²) in [6.07, 6.45) is -3.39. The van der Waals surface area contributed by atoms with Crippen LogP contribution >= 0.6 is 11.6 Å². The van der Waals surface area contributed by atoms with Crippen LogP contribution in [0.2, 0.25) is 5.02 Å². The van der Waals surface area contributed by atoms with Crippen LogP contribution in [0.3, 0.4) is 0 Å². The van der Waals surface area contributed by atoms with Crippen LogP contribution in [0.25, 0.3) is 0 Å². The second kappa shape index (κ2) is 14.3. The molecular weight excluding hydrogens is 741 g/mol. The van der Waals surface area contributed by atoms with Gasteiger partial charge in [0.25, 0.3) is 15.9 Å². The maximum atomic E-state index is 15.8. The number of aliphatic hydroxyl groups excluding tert-OH is 1. The minimum atomic E-state index is -5.31. The first-order chi connectivity index (χ1) is 25.0. The summed E-state index contributed by atoms with van der Waals surface area (Å²) in [6, 6.07) is 10.9. The molecule has 2 amide bonds. The molecule has 0 bridgehead atoms. The third kappa shape index (κ3) is 6.58. The monoisotopic (exact) mass is 781 g/mol. The van der Waals surface area contributed by atoms with Crippen molar-refractivity contribution in [1.29, 1.82) is 0 Å². The lowest BCUT2D eigenvalue weighted by atomic mass is 9.78. The van der Waals surface area contributed by atoms with Gasteiger partial charge >= 0.3 is 12.3 Å². The van der Waals surface area contributed by atoms with Gasteiger partial charge in [0, 0.05) is 31.1 Å². The number of nitrogens with one attached hydrogen (secondary N) is 1. The topological polar surface area (TPSA) is 135 Å². The molecule has 3 aromatic carbocycles. The Morgan fingerprint density at radius 3 is 2.38 bits per heavy atom. The molecule has 0 radical (unpaired) electrons. The number of quaternary nitrogens is 1. The molecule has 0 aromatic heterocycles. The van der Waals surface area contributed by atoms with E-state index in [9.17, 15) is 31.5 Å². The number of sulfonamides is 1. The number of likely N-dealkylation sites (tertiary alicyclic amines) is 2. The highest BCUT2D eigenvalue weighted by molar-refractivity contribution is 7.93. The molecule has 3 aromatic rings. The molecule has 12 nitrogen and oxygen atoms in total. The van der Waals surface area contributed by atoms with E-state index in [4.69, 9.17) is 21.1 Å². The van der Waals surface area contributed by atoms with Crippen LogP contribution in [0.1, 0.15) is 42.4 Å². The van der Waals surface area contributed by atoms with E-state index in [1.54, 1.807) is 19.2 Å². The number of hydrogen-bond donors (Lipinski definition) is 2. The van der Waals surface area contributed by atoms with Crippen LogP contribution in [-0.2, 0) is 31.7 Å². The maximum Gasteiger partial charge on any atom is 0.573 e. The fraction of sp³-hybridized carbons (Fsp3) is 0.444. The number of hydrogen-bond acceptors (Lipinski definition) is 9. The summed E-state index contributed by atoms with van der Waals surface area (Å²) in [4.78, 5) is 30.8. The molecule has 0 aliphatic carbocycles. The Labute approximate surface area is 310 Å². The van der Waals surface area contributed by atoms with Crippen molar-refractivity contribution in [2.45, 2.75) is 61.2 Å². The van der Waals surface area contributed by atoms with E-state index < -0.39 is 61.0 Å². The number of carbonyl (C=O) groups is 2. The molecule has 4 atom stereocenters. The number of amides is 2. The van der Waals surface area contributed by atoms with Gasteiger partial charge in [-0.3, -0.25) is 19.0 Å². The highest BCUT2D eigenvalue weighted by Crippen LogP contribution is 2.58. The Kier molecular flexibility index (Phi) is 10.4. The Morgan fingerprint density at radius 2 is 1.74 bits per heavy atom. The number of fused-ring (bicyclic) bond motifs is 1. The zero-order valence-corrected chi connectivity index (χ0v) is 31.1. The van der Waals surface area contributed by atoms with Crippen molar-refractivity contribution in [3.8, 4) is 17.2 Å². The number of likely N-dealkylation sites (N-methyl/N-ethyl adjacent to an activating group) is 2. The van der Waals surface area contributed by atoms with Gasteiger partial charge in [-0.1, -0.05) is 24.1 Å². The molecule has 6 rings (SSSR count). The van der Waals surface area contributed by atoms with Crippen LogP contribution in [0.5, 0.6) is 17.2 Å². The lowest BCUT2D eigenvalue weighted by molar-refractivity contribution is -0.953. The zero-order valence-electron chi connectivity index (χ0n) is 29.6. The molecule has 2 fully saturated rings. The van der Waals surface area contributed by atoms with E-state index >= 15 is 4.79 Å². The number of alkyl halides is 3. The van der Waals surface area contributed by atoms with E-state index in [1.165, 1.54) is 39.5 Å². The van der Waals surface area contributed by atoms with Crippen LogP contribution in [0.4, 0.5) is 18.9 Å². The average molecular weight is 782 g/mol. The first kappa shape index (κ1) is 38.6. The van der Waals surface area contributed by atoms with Gasteiger partial charge in [-0.25, -0.2) is 8.42 Å². The van der Waals surface area contributed by atoms with Gasteiger partial charge in [-0.15, -0.1) is 13.2 Å². The van der Waals surface area contributed by atoms with Gasteiger partial charge in [0.1, 0.15) is 29.0 Å². The summed E-state index contributed by atoms with van der Waals surface area (Å²) in [5, 5.41) is 14.0. The lowest BCUT2D eigenvalue weighted by Crippen LogP contribution is -2.69. The van der Waals surface area contributed by atoms with E-state index in [-0.39, 0.29) is 46.3 Å². The van der Waals surface area contributed by atoms with Gasteiger partial charge in [0.2, 0.25) is 5.54 Å². The van der Waals surface area contributed by atoms with Crippen LogP contribution in [-0.4, -0.2) is 101 Å². The molecule has 0 spiro atoms. The molecule has 53 heavy (non-hydrogen) atoms. The highest BCUT2D eigenvalue weighted by atomic mass is 35.5. The quantitative estimate of drug-likeness (QED) is 0.285. The van der Waals surface area contributed by atoms with Crippen molar-refractivity contribution in [3.05, 3.63) is 76.3 Å². The summed E-state index contributed by atoms with van der Waals surface area (Å²) in [5.74, 6) is -2.74. The fourth-order valence-corrected chi connectivity index (χ4v) is 10.0. The summed E-state index contributed by atoms with van der Waals surface area (Å²) >= 11 is 6.63. The number of piperidine rings is 1. The highest BCUT2D eigenvalue weighted by Gasteiger charge is 2.72. The van der Waals surface area contributed by atoms with E-state index in [0.717, 1.165) is 56.1 Å². The van der Waals surface area contributed by atoms with Crippen molar-refractivity contribution in [1.82, 2.24) is 10.2 Å². The van der Waals surface area contributed by atoms with Gasteiger partial charge < -0.3 is 24.6 Å². The molecule has 286 valence electrons. The predicted molar refractivity (Wildman–Crippen MR) is 188 cm³/mol. The smallest absolute Gasteiger partial charge is 0.497 e. The van der Waals surface area contributed by atoms with Crippen molar-refractivity contribution < 1.29 is 55.0 Å². The number of ether oxygens (including phenoxy) is 3. The van der Waals surface area contributed by atoms with Crippen LogP contribution in [0, 0.1) is 0 Å². The normalized spacial score (nSPS) is 24.9. The summed E-state index contributed by atoms with van der Waals surface area (Å²) in [6.45, 7) is 1.98. The molecule has 2 N–H and O–H groups in total. The van der Waals surface area contributed by atoms with E-state index in [1.807, 2.05) is 6.07 Å². The Morgan fingerprint density at radius 1 is 1.02 bits per heavy atom. The minimum absolute atomic E-state index is 0.0456. The third-order valence-corrected chi connectivity index (χ3v) is 12.5. The largest absolute Gasteiger partial charge is 0.573 e. The van der Waals surface area contributed by atoms with Gasteiger partial charge in [0.05, 0.1) is 38.1 Å². The lowest BCUT2D eigenvalue weighted by Gasteiger charge is -2.48. The Balaban J connectivity index is 1.68. The molecule has 3 heterocycles. The van der Waals surface area contributed by atoms with Crippen LogP contribution < -0.4 is 23.8 Å². The Bertz CT molecular complexity index is 2030. The fourth-order valence-electron chi connectivity index (χ4n) is 8.29. The van der Waals surface area contributed by atoms with Crippen molar-refractivity contribution in [3.63, 3.8) is 0 Å². The first-order valence-electron chi connectivity index (χ1n) is 17.0. The third-order valence-electron chi connectivity index (χ3n) is 10.6. The number of halogens is 4. The van der Waals surface area contributed by atoms with Gasteiger partial charge in [0.15, 0.2) is 11.8 Å². The van der Waals surface area contributed by atoms with Gasteiger partial charge in [-0.05, 0) is 74.0 Å². The number of methoxy groups -OCH3 is 2. The second-order valence-electron chi connectivity index (χ2n) is 13.6. The van der Waals surface area contributed by atoms with E-state index in [2.05, 4.69) is 15.0 Å². The SMILES string of the molecule is CNC(=O)[C@@H]1C[C@@H](O)C[N+]1(C)C1(c2cc(CN3CCCCC3)ccc2OC)C(=O)N(S(=O)(=O)c2ccc(OC)cc2OC(F)(F)F)c2ccc(Cl)cc21. The number of aliphatic hydroxyl groups is 1. The van der Waals surface area contributed by atoms with Crippen molar-refractivity contribution in [2.75, 3.05) is 52.3 Å². The second-order valence-corrected chi connectivity index (χ2v) is 15.8. The minimum Gasteiger partial charge on any atom is -0.497 e. The number of benzene rings is 3. The average Bonchev–Trinajstić information content (AvgIpc) is 3.57. The maximum absolute atomic E-state index is 15.8. The predicted octanol–water partition coefficient (Wildman–Crippen LogP) is 4.55. The van der Waals surface area contributed by atoms with Crippen molar-refractivity contribution >= 4 is 39.1 Å². The Hall–Kier alpha value is -4.09. The van der Waals surface area contributed by atoms with Crippen LogP contribution in [0.15, 0.2) is 59.5 Å². The molecule has 3 aliphatic rings.